The number of thioether (sulfide) groups is 1. The first-order valence-corrected chi connectivity index (χ1v) is 10.1. The molecule has 2 aliphatic heterocycles. The molecule has 2 aliphatic rings. The van der Waals surface area contributed by atoms with Crippen LogP contribution in [-0.4, -0.2) is 57.2 Å². The van der Waals surface area contributed by atoms with Gasteiger partial charge in [-0.3, -0.25) is 14.5 Å². The lowest BCUT2D eigenvalue weighted by Gasteiger charge is -2.29. The van der Waals surface area contributed by atoms with Crippen molar-refractivity contribution in [1.82, 2.24) is 9.88 Å². The lowest BCUT2D eigenvalue weighted by Crippen LogP contribution is -2.44. The molecule has 2 fully saturated rings. The van der Waals surface area contributed by atoms with Crippen molar-refractivity contribution in [2.45, 2.75) is 12.4 Å². The smallest absolute Gasteiger partial charge is 0.274 e. The van der Waals surface area contributed by atoms with Crippen molar-refractivity contribution in [2.75, 3.05) is 28.3 Å². The number of carbonyl (C=O) groups excluding carboxylic acids is 2. The van der Waals surface area contributed by atoms with E-state index in [9.17, 15) is 19.1 Å². The van der Waals surface area contributed by atoms with E-state index in [4.69, 9.17) is 11.6 Å². The zero-order chi connectivity index (χ0) is 19.8. The molecule has 146 valence electrons. The van der Waals surface area contributed by atoms with Crippen molar-refractivity contribution in [1.29, 1.82) is 0 Å². The number of pyridine rings is 1. The quantitative estimate of drug-likeness (QED) is 0.737. The number of nitrogens with one attached hydrogen (secondary N) is 1. The number of anilines is 2. The maximum Gasteiger partial charge on any atom is 0.274 e. The summed E-state index contributed by atoms with van der Waals surface area (Å²) in [5.74, 6) is -0.0744. The lowest BCUT2D eigenvalue weighted by molar-refractivity contribution is -0.119. The molecule has 7 nitrogen and oxygen atoms in total. The maximum absolute atomic E-state index is 13.2. The number of aliphatic hydroxyl groups excluding tert-OH is 1. The second-order valence-corrected chi connectivity index (χ2v) is 7.91. The van der Waals surface area contributed by atoms with E-state index >= 15 is 0 Å². The molecule has 0 aliphatic carbocycles. The number of carbonyl (C=O) groups is 2. The average molecular weight is 423 g/mol. The van der Waals surface area contributed by atoms with Crippen molar-refractivity contribution in [3.05, 3.63) is 53.1 Å². The van der Waals surface area contributed by atoms with Crippen LogP contribution in [0.15, 0.2) is 36.4 Å². The van der Waals surface area contributed by atoms with E-state index in [0.717, 1.165) is 11.8 Å². The minimum absolute atomic E-state index is 0.0697. The van der Waals surface area contributed by atoms with Gasteiger partial charge in [-0.2, -0.15) is 16.2 Å². The van der Waals surface area contributed by atoms with Gasteiger partial charge in [0.05, 0.1) is 10.7 Å². The summed E-state index contributed by atoms with van der Waals surface area (Å²) in [7, 11) is 0. The highest BCUT2D eigenvalue weighted by Crippen LogP contribution is 2.36. The van der Waals surface area contributed by atoms with Gasteiger partial charge >= 0.3 is 0 Å². The number of hydrogen-bond acceptors (Lipinski definition) is 6. The Morgan fingerprint density at radius 2 is 2.18 bits per heavy atom. The molecule has 2 atom stereocenters. The zero-order valence-corrected chi connectivity index (χ0v) is 16.1. The number of benzene rings is 1. The molecule has 28 heavy (non-hydrogen) atoms. The van der Waals surface area contributed by atoms with Gasteiger partial charge in [0, 0.05) is 23.7 Å². The highest BCUT2D eigenvalue weighted by Gasteiger charge is 2.47. The normalized spacial score (nSPS) is 22.2. The van der Waals surface area contributed by atoms with Crippen molar-refractivity contribution in [3.63, 3.8) is 0 Å². The van der Waals surface area contributed by atoms with E-state index in [2.05, 4.69) is 10.3 Å². The molecular formula is C18H16ClFN4O3S. The highest BCUT2D eigenvalue weighted by molar-refractivity contribution is 7.99. The van der Waals surface area contributed by atoms with Crippen molar-refractivity contribution in [3.8, 4) is 0 Å². The predicted octanol–water partition coefficient (Wildman–Crippen LogP) is 2.17. The summed E-state index contributed by atoms with van der Waals surface area (Å²) in [5.41, 5.74) is 0.652. The molecule has 0 radical (unpaired) electrons. The van der Waals surface area contributed by atoms with E-state index in [1.165, 1.54) is 23.1 Å². The minimum Gasteiger partial charge on any atom is -0.360 e. The fourth-order valence-corrected chi connectivity index (χ4v) is 4.62. The summed E-state index contributed by atoms with van der Waals surface area (Å²) >= 11 is 8.01. The van der Waals surface area contributed by atoms with E-state index in [1.54, 1.807) is 28.8 Å². The van der Waals surface area contributed by atoms with Gasteiger partial charge in [0.25, 0.3) is 5.91 Å². The Bertz CT molecular complexity index is 947. The van der Waals surface area contributed by atoms with Gasteiger partial charge in [-0.25, -0.2) is 9.88 Å². The van der Waals surface area contributed by atoms with Crippen molar-refractivity contribution >= 4 is 46.6 Å². The van der Waals surface area contributed by atoms with Crippen LogP contribution in [0.2, 0.25) is 5.02 Å². The van der Waals surface area contributed by atoms with Gasteiger partial charge in [0.1, 0.15) is 11.7 Å². The number of hydrogen-bond donors (Lipinski definition) is 2. The van der Waals surface area contributed by atoms with Crippen LogP contribution < -0.4 is 10.2 Å². The summed E-state index contributed by atoms with van der Waals surface area (Å²) in [6, 6.07) is 8.15. The minimum atomic E-state index is -1.08. The van der Waals surface area contributed by atoms with Crippen LogP contribution in [0, 0.1) is 5.95 Å². The Hall–Kier alpha value is -2.20. The van der Waals surface area contributed by atoms with Gasteiger partial charge in [0.15, 0.2) is 6.35 Å². The Balaban J connectivity index is 1.55. The molecule has 2 saturated heterocycles. The molecule has 3 heterocycles. The number of nitrogens with zero attached hydrogens (tertiary/aromatic N) is 3. The number of fused-ring (bicyclic) bond motifs is 1. The molecule has 1 aromatic carbocycles. The molecule has 2 N–H and O–H groups in total. The first-order chi connectivity index (χ1) is 13.5. The monoisotopic (exact) mass is 422 g/mol. The molecule has 1 aromatic heterocycles. The molecule has 2 unspecified atom stereocenters. The van der Waals surface area contributed by atoms with Crippen LogP contribution >= 0.6 is 23.4 Å². The molecule has 0 saturated carbocycles. The van der Waals surface area contributed by atoms with Gasteiger partial charge in [-0.15, -0.1) is 0 Å². The lowest BCUT2D eigenvalue weighted by atomic mass is 10.2. The Labute approximate surface area is 169 Å². The largest absolute Gasteiger partial charge is 0.360 e. The first-order valence-electron chi connectivity index (χ1n) is 8.54. The van der Waals surface area contributed by atoms with E-state index in [0.29, 0.717) is 23.7 Å². The molecule has 10 heteroatoms. The molecule has 2 amide bonds. The van der Waals surface area contributed by atoms with Crippen molar-refractivity contribution < 1.29 is 19.1 Å². The summed E-state index contributed by atoms with van der Waals surface area (Å²) < 4.78 is 13.2. The number of aromatic nitrogens is 1. The second kappa shape index (κ2) is 7.67. The van der Waals surface area contributed by atoms with Crippen LogP contribution in [0.25, 0.3) is 0 Å². The number of rotatable bonds is 3. The van der Waals surface area contributed by atoms with E-state index < -0.39 is 18.2 Å². The summed E-state index contributed by atoms with van der Waals surface area (Å²) in [6.45, 7) is 0.616. The number of halogens is 2. The maximum atomic E-state index is 13.2. The standard InChI is InChI=1S/C18H16ClFN4O3S/c19-11-8-10(21-16(25)12-2-1-3-15(20)22-12)4-5-13(11)24-17(26)14-9-28-7-6-23(14)18(24)27/h1-5,8,14,18,27H,6-7,9H2,(H,21,25). The van der Waals surface area contributed by atoms with Gasteiger partial charge in [0.2, 0.25) is 11.9 Å². The third-order valence-corrected chi connectivity index (χ3v) is 5.96. The summed E-state index contributed by atoms with van der Waals surface area (Å²) in [5, 5.41) is 13.4. The highest BCUT2D eigenvalue weighted by atomic mass is 35.5. The summed E-state index contributed by atoms with van der Waals surface area (Å²) in [4.78, 5) is 31.5. The Kier molecular flexibility index (Phi) is 5.24. The molecule has 0 bridgehead atoms. The Morgan fingerprint density at radius 3 is 2.89 bits per heavy atom. The SMILES string of the molecule is O=C(Nc1ccc(N2C(=O)C3CSCCN3C2O)c(Cl)c1)c1cccc(F)n1. The first kappa shape index (κ1) is 19.1. The summed E-state index contributed by atoms with van der Waals surface area (Å²) in [6.07, 6.45) is -1.08. The number of amides is 2. The van der Waals surface area contributed by atoms with E-state index in [1.807, 2.05) is 0 Å². The number of aliphatic hydroxyl groups is 1. The molecule has 0 spiro atoms. The van der Waals surface area contributed by atoms with Crippen LogP contribution in [0.4, 0.5) is 15.8 Å². The van der Waals surface area contributed by atoms with Crippen LogP contribution in [0.1, 0.15) is 10.5 Å². The zero-order valence-electron chi connectivity index (χ0n) is 14.5. The third kappa shape index (κ3) is 3.46. The molecular weight excluding hydrogens is 407 g/mol. The average Bonchev–Trinajstić information content (AvgIpc) is 2.93. The predicted molar refractivity (Wildman–Crippen MR) is 105 cm³/mol. The van der Waals surface area contributed by atoms with Gasteiger partial charge in [-0.1, -0.05) is 17.7 Å². The molecule has 4 rings (SSSR count). The van der Waals surface area contributed by atoms with Gasteiger partial charge < -0.3 is 10.4 Å². The molecule has 2 aromatic rings. The second-order valence-electron chi connectivity index (χ2n) is 6.35. The van der Waals surface area contributed by atoms with Gasteiger partial charge in [-0.05, 0) is 30.3 Å². The van der Waals surface area contributed by atoms with Crippen molar-refractivity contribution in [2.24, 2.45) is 0 Å². The van der Waals surface area contributed by atoms with Crippen LogP contribution in [0.3, 0.4) is 0 Å². The fraction of sp³-hybridized carbons (Fsp3) is 0.278. The Morgan fingerprint density at radius 1 is 1.36 bits per heavy atom. The van der Waals surface area contributed by atoms with Crippen LogP contribution in [-0.2, 0) is 4.79 Å². The third-order valence-electron chi connectivity index (χ3n) is 4.63. The van der Waals surface area contributed by atoms with Crippen LogP contribution in [0.5, 0.6) is 0 Å². The van der Waals surface area contributed by atoms with E-state index in [-0.39, 0.29) is 22.7 Å². The fourth-order valence-electron chi connectivity index (χ4n) is 3.28. The topological polar surface area (TPSA) is 85.8 Å².